The van der Waals surface area contributed by atoms with E-state index in [0.717, 1.165) is 12.1 Å². The van der Waals surface area contributed by atoms with Crippen LogP contribution in [0.3, 0.4) is 0 Å². The van der Waals surface area contributed by atoms with E-state index in [1.807, 2.05) is 6.92 Å². The summed E-state index contributed by atoms with van der Waals surface area (Å²) >= 11 is 0. The molecule has 7 nitrogen and oxygen atoms in total. The highest BCUT2D eigenvalue weighted by molar-refractivity contribution is 7.93. The minimum absolute atomic E-state index is 0. The van der Waals surface area contributed by atoms with Gasteiger partial charge in [0, 0.05) is 25.7 Å². The number of hydrogen-bond donors (Lipinski definition) is 2. The molecule has 0 spiro atoms. The van der Waals surface area contributed by atoms with Gasteiger partial charge in [-0.05, 0) is 39.0 Å². The molecule has 1 atom stereocenters. The van der Waals surface area contributed by atoms with Gasteiger partial charge in [-0.2, -0.15) is 4.31 Å². The number of hydrogen-bond acceptors (Lipinski definition) is 5. The van der Waals surface area contributed by atoms with Crippen molar-refractivity contribution in [3.8, 4) is 0 Å². The smallest absolute Gasteiger partial charge is 0.243 e. The quantitative estimate of drug-likeness (QED) is 0.757. The first-order valence-corrected chi connectivity index (χ1v) is 10.6. The van der Waals surface area contributed by atoms with Crippen LogP contribution in [0.4, 0.5) is 10.1 Å². The van der Waals surface area contributed by atoms with Crippen LogP contribution in [0.1, 0.15) is 20.8 Å². The molecule has 0 aliphatic carbocycles. The summed E-state index contributed by atoms with van der Waals surface area (Å²) in [4.78, 5) is -0.193. The topological polar surface area (TPSA) is 95.6 Å². The Kier molecular flexibility index (Phi) is 7.22. The highest BCUT2D eigenvalue weighted by Crippen LogP contribution is 2.24. The minimum atomic E-state index is -3.82. The lowest BCUT2D eigenvalue weighted by molar-refractivity contribution is 0.310. The number of rotatable bonds is 5. The molecule has 1 aliphatic heterocycles. The fourth-order valence-electron chi connectivity index (χ4n) is 2.27. The van der Waals surface area contributed by atoms with Crippen molar-refractivity contribution >= 4 is 38.1 Å². The third-order valence-electron chi connectivity index (χ3n) is 3.78. The summed E-state index contributed by atoms with van der Waals surface area (Å²) in [5.74, 6) is -0.927. The number of benzene rings is 1. The van der Waals surface area contributed by atoms with Crippen LogP contribution in [0.5, 0.6) is 0 Å². The molecule has 11 heteroatoms. The molecule has 1 unspecified atom stereocenters. The van der Waals surface area contributed by atoms with Crippen molar-refractivity contribution in [2.24, 2.45) is 0 Å². The van der Waals surface area contributed by atoms with E-state index in [4.69, 9.17) is 0 Å². The van der Waals surface area contributed by atoms with E-state index in [2.05, 4.69) is 10.0 Å². The molecule has 25 heavy (non-hydrogen) atoms. The van der Waals surface area contributed by atoms with Crippen LogP contribution in [-0.4, -0.2) is 52.1 Å². The molecule has 1 aromatic rings. The maximum Gasteiger partial charge on any atom is 0.243 e. The normalized spacial score (nSPS) is 19.5. The van der Waals surface area contributed by atoms with Gasteiger partial charge in [-0.3, -0.25) is 4.72 Å². The molecule has 0 aromatic heterocycles. The van der Waals surface area contributed by atoms with Crippen LogP contribution in [0.15, 0.2) is 23.1 Å². The molecule has 1 aliphatic rings. The predicted octanol–water partition coefficient (Wildman–Crippen LogP) is 1.38. The molecule has 1 saturated heterocycles. The Hall–Kier alpha value is -0.940. The van der Waals surface area contributed by atoms with Crippen LogP contribution in [0.25, 0.3) is 0 Å². The zero-order valence-electron chi connectivity index (χ0n) is 14.2. The van der Waals surface area contributed by atoms with Gasteiger partial charge in [-0.25, -0.2) is 21.2 Å². The molecule has 0 saturated carbocycles. The van der Waals surface area contributed by atoms with Gasteiger partial charge >= 0.3 is 0 Å². The molecule has 2 N–H and O–H groups in total. The predicted molar refractivity (Wildman–Crippen MR) is 97.6 cm³/mol. The van der Waals surface area contributed by atoms with Crippen LogP contribution in [-0.2, 0) is 20.0 Å². The van der Waals surface area contributed by atoms with E-state index < -0.39 is 31.1 Å². The second kappa shape index (κ2) is 8.17. The molecule has 0 radical (unpaired) electrons. The first kappa shape index (κ1) is 22.1. The number of piperazine rings is 1. The van der Waals surface area contributed by atoms with E-state index in [-0.39, 0.29) is 29.0 Å². The molecule has 144 valence electrons. The van der Waals surface area contributed by atoms with E-state index >= 15 is 0 Å². The summed E-state index contributed by atoms with van der Waals surface area (Å²) < 4.78 is 66.4. The zero-order valence-corrected chi connectivity index (χ0v) is 16.6. The first-order chi connectivity index (χ1) is 11.0. The van der Waals surface area contributed by atoms with Gasteiger partial charge < -0.3 is 5.32 Å². The van der Waals surface area contributed by atoms with Crippen molar-refractivity contribution in [2.45, 2.75) is 37.0 Å². The molecule has 1 heterocycles. The van der Waals surface area contributed by atoms with Crippen molar-refractivity contribution in [3.63, 3.8) is 0 Å². The SMILES string of the molecule is CC1CN(S(=O)(=O)c2ccc(NS(=O)(=O)C(C)C)c(F)c2)CCN1.Cl. The lowest BCUT2D eigenvalue weighted by Gasteiger charge is -2.31. The van der Waals surface area contributed by atoms with Crippen LogP contribution in [0, 0.1) is 5.82 Å². The molecule has 0 amide bonds. The van der Waals surface area contributed by atoms with E-state index in [9.17, 15) is 21.2 Å². The van der Waals surface area contributed by atoms with Gasteiger partial charge in [-0.15, -0.1) is 12.4 Å². The Morgan fingerprint density at radius 3 is 2.44 bits per heavy atom. The van der Waals surface area contributed by atoms with Gasteiger partial charge in [0.05, 0.1) is 15.8 Å². The largest absolute Gasteiger partial charge is 0.312 e. The van der Waals surface area contributed by atoms with Crippen molar-refractivity contribution in [1.82, 2.24) is 9.62 Å². The van der Waals surface area contributed by atoms with Crippen LogP contribution < -0.4 is 10.0 Å². The standard InChI is InChI=1S/C14H22FN3O4S2.ClH/c1-10(2)23(19,20)17-14-5-4-12(8-13(14)15)24(21,22)18-7-6-16-11(3)9-18;/h4-5,8,10-11,16-17H,6-7,9H2,1-3H3;1H. The number of anilines is 1. The third kappa shape index (κ3) is 5.04. The Bertz CT molecular complexity index is 815. The summed E-state index contributed by atoms with van der Waals surface area (Å²) in [6.07, 6.45) is 0. The number of nitrogens with zero attached hydrogens (tertiary/aromatic N) is 1. The number of halogens is 2. The molecule has 1 fully saturated rings. The van der Waals surface area contributed by atoms with Crippen molar-refractivity contribution < 1.29 is 21.2 Å². The monoisotopic (exact) mass is 415 g/mol. The van der Waals surface area contributed by atoms with E-state index in [0.29, 0.717) is 19.6 Å². The molecule has 0 bridgehead atoms. The van der Waals surface area contributed by atoms with Gasteiger partial charge in [-0.1, -0.05) is 0 Å². The lowest BCUT2D eigenvalue weighted by atomic mass is 10.3. The fraction of sp³-hybridized carbons (Fsp3) is 0.571. The van der Waals surface area contributed by atoms with Crippen LogP contribution >= 0.6 is 12.4 Å². The maximum absolute atomic E-state index is 14.2. The third-order valence-corrected chi connectivity index (χ3v) is 7.39. The summed E-state index contributed by atoms with van der Waals surface area (Å²) in [5, 5.41) is 2.40. The van der Waals surface area contributed by atoms with Gasteiger partial charge in [0.15, 0.2) is 0 Å². The molecule has 1 aromatic carbocycles. The number of nitrogens with one attached hydrogen (secondary N) is 2. The second-order valence-electron chi connectivity index (χ2n) is 6.06. The molecular weight excluding hydrogens is 393 g/mol. The number of sulfonamides is 2. The highest BCUT2D eigenvalue weighted by Gasteiger charge is 2.29. The molecule has 2 rings (SSSR count). The Balaban J connectivity index is 0.00000312. The summed E-state index contributed by atoms with van der Waals surface area (Å²) in [6.45, 7) is 5.91. The van der Waals surface area contributed by atoms with Gasteiger partial charge in [0.2, 0.25) is 20.0 Å². The molecular formula is C14H23ClFN3O4S2. The average Bonchev–Trinajstić information content (AvgIpc) is 2.49. The van der Waals surface area contributed by atoms with Gasteiger partial charge in [0.1, 0.15) is 5.82 Å². The average molecular weight is 416 g/mol. The van der Waals surface area contributed by atoms with Crippen molar-refractivity contribution in [1.29, 1.82) is 0 Å². The maximum atomic E-state index is 14.2. The van der Waals surface area contributed by atoms with Crippen molar-refractivity contribution in [3.05, 3.63) is 24.0 Å². The van der Waals surface area contributed by atoms with Crippen molar-refractivity contribution in [2.75, 3.05) is 24.4 Å². The Morgan fingerprint density at radius 2 is 1.92 bits per heavy atom. The fourth-order valence-corrected chi connectivity index (χ4v) is 4.52. The lowest BCUT2D eigenvalue weighted by Crippen LogP contribution is -2.51. The first-order valence-electron chi connectivity index (χ1n) is 7.59. The van der Waals surface area contributed by atoms with Gasteiger partial charge in [0.25, 0.3) is 0 Å². The summed E-state index contributed by atoms with van der Waals surface area (Å²) in [7, 11) is -7.53. The summed E-state index contributed by atoms with van der Waals surface area (Å²) in [6, 6.07) is 3.20. The Labute approximate surface area is 154 Å². The summed E-state index contributed by atoms with van der Waals surface area (Å²) in [5.41, 5.74) is -0.267. The zero-order chi connectivity index (χ0) is 18.1. The van der Waals surface area contributed by atoms with E-state index in [1.165, 1.54) is 24.2 Å². The highest BCUT2D eigenvalue weighted by atomic mass is 35.5. The Morgan fingerprint density at radius 1 is 1.28 bits per heavy atom. The minimum Gasteiger partial charge on any atom is -0.312 e. The van der Waals surface area contributed by atoms with E-state index in [1.54, 1.807) is 0 Å². The second-order valence-corrected chi connectivity index (χ2v) is 10.2. The van der Waals surface area contributed by atoms with Crippen LogP contribution in [0.2, 0.25) is 0 Å².